The van der Waals surface area contributed by atoms with Crippen molar-refractivity contribution in [3.05, 3.63) is 90.1 Å². The fraction of sp³-hybridized carbons (Fsp3) is 0.100. The van der Waals surface area contributed by atoms with Gasteiger partial charge in [-0.15, -0.1) is 0 Å². The van der Waals surface area contributed by atoms with Crippen LogP contribution in [0.15, 0.2) is 77.4 Å². The molecule has 132 valence electrons. The Bertz CT molecular complexity index is 878. The fourth-order valence-electron chi connectivity index (χ4n) is 2.39. The summed E-state index contributed by atoms with van der Waals surface area (Å²) in [7, 11) is 0. The van der Waals surface area contributed by atoms with Gasteiger partial charge in [-0.2, -0.15) is 0 Å². The minimum Gasteiger partial charge on any atom is -0.459 e. The summed E-state index contributed by atoms with van der Waals surface area (Å²) in [6.45, 7) is 0. The summed E-state index contributed by atoms with van der Waals surface area (Å²) in [5.41, 5.74) is 0.822. The van der Waals surface area contributed by atoms with Crippen LogP contribution < -0.4 is 10.1 Å². The van der Waals surface area contributed by atoms with E-state index in [1.54, 1.807) is 12.1 Å². The number of halogens is 1. The SMILES string of the molecule is O=C(NC(Cc1ccccc1)C(=O)Oc1ccccc1F)c1ccco1. The van der Waals surface area contributed by atoms with Gasteiger partial charge in [-0.05, 0) is 29.8 Å². The summed E-state index contributed by atoms with van der Waals surface area (Å²) in [4.78, 5) is 24.8. The molecule has 5 nitrogen and oxygen atoms in total. The molecule has 1 N–H and O–H groups in total. The molecule has 0 saturated heterocycles. The zero-order chi connectivity index (χ0) is 18.4. The first kappa shape index (κ1) is 17.4. The van der Waals surface area contributed by atoms with Crippen LogP contribution >= 0.6 is 0 Å². The molecule has 0 aliphatic carbocycles. The van der Waals surface area contributed by atoms with Crippen molar-refractivity contribution in [2.75, 3.05) is 0 Å². The lowest BCUT2D eigenvalue weighted by Gasteiger charge is -2.17. The number of furan rings is 1. The number of esters is 1. The van der Waals surface area contributed by atoms with Crippen molar-refractivity contribution in [2.45, 2.75) is 12.5 Å². The Balaban J connectivity index is 1.78. The zero-order valence-electron chi connectivity index (χ0n) is 13.7. The van der Waals surface area contributed by atoms with Gasteiger partial charge < -0.3 is 14.5 Å². The van der Waals surface area contributed by atoms with Crippen molar-refractivity contribution in [3.8, 4) is 5.75 Å². The van der Waals surface area contributed by atoms with Crippen LogP contribution in [0.3, 0.4) is 0 Å². The molecule has 26 heavy (non-hydrogen) atoms. The minimum absolute atomic E-state index is 0.0711. The lowest BCUT2D eigenvalue weighted by atomic mass is 10.1. The van der Waals surface area contributed by atoms with Crippen LogP contribution in [0.4, 0.5) is 4.39 Å². The molecule has 0 bridgehead atoms. The Morgan fingerprint density at radius 2 is 1.73 bits per heavy atom. The van der Waals surface area contributed by atoms with Gasteiger partial charge in [-0.3, -0.25) is 4.79 Å². The van der Waals surface area contributed by atoms with Crippen molar-refractivity contribution < 1.29 is 23.1 Å². The topological polar surface area (TPSA) is 68.5 Å². The molecule has 6 heteroatoms. The highest BCUT2D eigenvalue weighted by atomic mass is 19.1. The van der Waals surface area contributed by atoms with E-state index in [4.69, 9.17) is 9.15 Å². The first-order valence-corrected chi connectivity index (χ1v) is 7.98. The molecule has 1 amide bonds. The van der Waals surface area contributed by atoms with Gasteiger partial charge in [0.05, 0.1) is 6.26 Å². The number of hydrogen-bond acceptors (Lipinski definition) is 4. The normalized spacial score (nSPS) is 11.6. The highest BCUT2D eigenvalue weighted by Crippen LogP contribution is 2.17. The Hall–Kier alpha value is -3.41. The van der Waals surface area contributed by atoms with Gasteiger partial charge >= 0.3 is 5.97 Å². The molecule has 0 aliphatic rings. The molecule has 3 rings (SSSR count). The summed E-state index contributed by atoms with van der Waals surface area (Å²) < 4.78 is 23.9. The molecule has 1 atom stereocenters. The summed E-state index contributed by atoms with van der Waals surface area (Å²) in [6.07, 6.45) is 1.55. The second-order valence-electron chi connectivity index (χ2n) is 5.54. The van der Waals surface area contributed by atoms with Crippen LogP contribution in [-0.4, -0.2) is 17.9 Å². The predicted octanol–water partition coefficient (Wildman–Crippen LogP) is 3.37. The van der Waals surface area contributed by atoms with Crippen molar-refractivity contribution in [1.29, 1.82) is 0 Å². The van der Waals surface area contributed by atoms with Crippen LogP contribution in [0, 0.1) is 5.82 Å². The first-order valence-electron chi connectivity index (χ1n) is 7.98. The molecular formula is C20H16FNO4. The maximum Gasteiger partial charge on any atom is 0.334 e. The third-order valence-corrected chi connectivity index (χ3v) is 3.66. The van der Waals surface area contributed by atoms with Crippen LogP contribution in [0.1, 0.15) is 16.1 Å². The molecule has 3 aromatic rings. The van der Waals surface area contributed by atoms with Gasteiger partial charge in [0.25, 0.3) is 5.91 Å². The summed E-state index contributed by atoms with van der Waals surface area (Å²) in [5, 5.41) is 2.58. The van der Waals surface area contributed by atoms with E-state index in [1.165, 1.54) is 30.5 Å². The molecule has 0 saturated carbocycles. The summed E-state index contributed by atoms with van der Waals surface area (Å²) in [6, 6.07) is 16.8. The van der Waals surface area contributed by atoms with Crippen molar-refractivity contribution in [2.24, 2.45) is 0 Å². The number of benzene rings is 2. The fourth-order valence-corrected chi connectivity index (χ4v) is 2.39. The van der Waals surface area contributed by atoms with E-state index in [1.807, 2.05) is 30.3 Å². The maximum atomic E-state index is 13.7. The summed E-state index contributed by atoms with van der Waals surface area (Å²) >= 11 is 0. The highest BCUT2D eigenvalue weighted by Gasteiger charge is 2.25. The van der Waals surface area contributed by atoms with Crippen molar-refractivity contribution in [1.82, 2.24) is 5.32 Å². The van der Waals surface area contributed by atoms with Crippen molar-refractivity contribution in [3.63, 3.8) is 0 Å². The van der Waals surface area contributed by atoms with E-state index in [2.05, 4.69) is 5.32 Å². The van der Waals surface area contributed by atoms with Crippen LogP contribution in [0.2, 0.25) is 0 Å². The van der Waals surface area contributed by atoms with Gasteiger partial charge in [-0.25, -0.2) is 9.18 Å². The van der Waals surface area contributed by atoms with Crippen LogP contribution in [0.5, 0.6) is 5.75 Å². The second kappa shape index (κ2) is 8.11. The number of para-hydroxylation sites is 1. The maximum absolute atomic E-state index is 13.7. The van der Waals surface area contributed by atoms with Gasteiger partial charge in [0.2, 0.25) is 0 Å². The third kappa shape index (κ3) is 4.36. The van der Waals surface area contributed by atoms with E-state index in [0.717, 1.165) is 5.56 Å². The number of ether oxygens (including phenoxy) is 1. The number of carbonyl (C=O) groups excluding carboxylic acids is 2. The molecule has 1 unspecified atom stereocenters. The van der Waals surface area contributed by atoms with Gasteiger partial charge in [0, 0.05) is 6.42 Å². The second-order valence-corrected chi connectivity index (χ2v) is 5.54. The van der Waals surface area contributed by atoms with E-state index in [9.17, 15) is 14.0 Å². The monoisotopic (exact) mass is 353 g/mol. The summed E-state index contributed by atoms with van der Waals surface area (Å²) in [5.74, 6) is -2.10. The minimum atomic E-state index is -1.00. The Morgan fingerprint density at radius 3 is 2.42 bits per heavy atom. The lowest BCUT2D eigenvalue weighted by molar-refractivity contribution is -0.136. The average molecular weight is 353 g/mol. The Labute approximate surface area is 149 Å². The van der Waals surface area contributed by atoms with E-state index < -0.39 is 23.7 Å². The smallest absolute Gasteiger partial charge is 0.334 e. The average Bonchev–Trinajstić information content (AvgIpc) is 3.19. The molecule has 0 radical (unpaired) electrons. The molecular weight excluding hydrogens is 337 g/mol. The Kier molecular flexibility index (Phi) is 5.43. The largest absolute Gasteiger partial charge is 0.459 e. The number of rotatable bonds is 6. The third-order valence-electron chi connectivity index (χ3n) is 3.66. The van der Waals surface area contributed by atoms with E-state index in [0.29, 0.717) is 0 Å². The molecule has 1 aromatic heterocycles. The van der Waals surface area contributed by atoms with Gasteiger partial charge in [-0.1, -0.05) is 42.5 Å². The number of nitrogens with one attached hydrogen (secondary N) is 1. The highest BCUT2D eigenvalue weighted by molar-refractivity contribution is 5.94. The molecule has 2 aromatic carbocycles. The van der Waals surface area contributed by atoms with Crippen molar-refractivity contribution >= 4 is 11.9 Å². The number of hydrogen-bond donors (Lipinski definition) is 1. The molecule has 0 fully saturated rings. The zero-order valence-corrected chi connectivity index (χ0v) is 13.7. The van der Waals surface area contributed by atoms with Gasteiger partial charge in [0.15, 0.2) is 17.3 Å². The van der Waals surface area contributed by atoms with Crippen LogP contribution in [0.25, 0.3) is 0 Å². The number of carbonyl (C=O) groups is 2. The van der Waals surface area contributed by atoms with E-state index >= 15 is 0 Å². The van der Waals surface area contributed by atoms with Gasteiger partial charge in [0.1, 0.15) is 6.04 Å². The quantitative estimate of drug-likeness (QED) is 0.545. The Morgan fingerprint density at radius 1 is 1.00 bits per heavy atom. The first-order chi connectivity index (χ1) is 12.6. The van der Waals surface area contributed by atoms with E-state index in [-0.39, 0.29) is 17.9 Å². The lowest BCUT2D eigenvalue weighted by Crippen LogP contribution is -2.44. The standard InChI is InChI=1S/C20H16FNO4/c21-15-9-4-5-10-17(15)26-20(24)16(13-14-7-2-1-3-8-14)22-19(23)18-11-6-12-25-18/h1-12,16H,13H2,(H,22,23). The van der Waals surface area contributed by atoms with Crippen LogP contribution in [-0.2, 0) is 11.2 Å². The predicted molar refractivity (Wildman–Crippen MR) is 92.1 cm³/mol. The molecule has 0 aliphatic heterocycles. The molecule has 1 heterocycles. The number of amides is 1. The molecule has 0 spiro atoms.